The second-order valence-corrected chi connectivity index (χ2v) is 5.17. The minimum Gasteiger partial charge on any atom is -0.363 e. The van der Waals surface area contributed by atoms with Crippen LogP contribution in [0.25, 0.3) is 0 Å². The normalized spacial score (nSPS) is 12.0. The maximum atomic E-state index is 12.3. The lowest BCUT2D eigenvalue weighted by Crippen LogP contribution is -2.43. The lowest BCUT2D eigenvalue weighted by Gasteiger charge is -2.28. The molecule has 0 saturated carbocycles. The van der Waals surface area contributed by atoms with Crippen molar-refractivity contribution in [2.75, 3.05) is 11.9 Å². The molecule has 0 aliphatic rings. The smallest absolute Gasteiger partial charge is 0.245 e. The molecule has 1 aromatic heterocycles. The first-order valence-electron chi connectivity index (χ1n) is 7.58. The number of amides is 2. The maximum Gasteiger partial charge on any atom is 0.245 e. The van der Waals surface area contributed by atoms with Crippen LogP contribution in [0.15, 0.2) is 16.9 Å². The van der Waals surface area contributed by atoms with Gasteiger partial charge in [0, 0.05) is 18.5 Å². The maximum absolute atomic E-state index is 12.3. The van der Waals surface area contributed by atoms with Crippen molar-refractivity contribution in [3.63, 3.8) is 0 Å². The van der Waals surface area contributed by atoms with Gasteiger partial charge in [0.1, 0.15) is 12.8 Å². The summed E-state index contributed by atoms with van der Waals surface area (Å²) in [6, 6.07) is 1.61. The minimum absolute atomic E-state index is 0.0353. The Balaban J connectivity index is 2.56. The van der Waals surface area contributed by atoms with Crippen molar-refractivity contribution < 1.29 is 14.1 Å². The van der Waals surface area contributed by atoms with E-state index in [-0.39, 0.29) is 24.4 Å². The standard InChI is InChI=1S/C15H25N3O3/c1-4-6-7-8-15(20)18(12(3)5-2)11-14(19)16-13-9-10-21-17-13/h9-10,12H,4-8,11H2,1-3H3,(H,16,17,19). The highest BCUT2D eigenvalue weighted by Gasteiger charge is 2.21. The predicted octanol–water partition coefficient (Wildman–Crippen LogP) is 2.82. The fourth-order valence-electron chi connectivity index (χ4n) is 1.99. The third kappa shape index (κ3) is 5.97. The van der Waals surface area contributed by atoms with Gasteiger partial charge in [-0.3, -0.25) is 9.59 Å². The summed E-state index contributed by atoms with van der Waals surface area (Å²) in [5, 5.41) is 6.24. The summed E-state index contributed by atoms with van der Waals surface area (Å²) in [5.41, 5.74) is 0. The van der Waals surface area contributed by atoms with Crippen LogP contribution < -0.4 is 5.32 Å². The van der Waals surface area contributed by atoms with Crippen molar-refractivity contribution in [3.05, 3.63) is 12.3 Å². The molecular weight excluding hydrogens is 270 g/mol. The van der Waals surface area contributed by atoms with Crippen LogP contribution >= 0.6 is 0 Å². The van der Waals surface area contributed by atoms with Crippen molar-refractivity contribution >= 4 is 17.6 Å². The molecule has 0 aliphatic heterocycles. The summed E-state index contributed by atoms with van der Waals surface area (Å²) in [6.45, 7) is 6.11. The fraction of sp³-hybridized carbons (Fsp3) is 0.667. The summed E-state index contributed by atoms with van der Waals surface area (Å²) in [7, 11) is 0. The van der Waals surface area contributed by atoms with Crippen LogP contribution in [0.1, 0.15) is 52.9 Å². The molecule has 1 aromatic rings. The number of hydrogen-bond donors (Lipinski definition) is 1. The molecule has 118 valence electrons. The van der Waals surface area contributed by atoms with Crippen LogP contribution in [0.5, 0.6) is 0 Å². The number of hydrogen-bond acceptors (Lipinski definition) is 4. The number of aromatic nitrogens is 1. The van der Waals surface area contributed by atoms with Crippen molar-refractivity contribution in [2.24, 2.45) is 0 Å². The average Bonchev–Trinajstić information content (AvgIpc) is 2.96. The molecule has 0 fully saturated rings. The average molecular weight is 295 g/mol. The molecule has 0 aliphatic carbocycles. The molecule has 6 nitrogen and oxygen atoms in total. The van der Waals surface area contributed by atoms with E-state index in [1.165, 1.54) is 6.26 Å². The largest absolute Gasteiger partial charge is 0.363 e. The molecule has 0 aromatic carbocycles. The Labute approximate surface area is 125 Å². The van der Waals surface area contributed by atoms with Crippen LogP contribution in [-0.2, 0) is 9.59 Å². The Morgan fingerprint density at radius 2 is 2.14 bits per heavy atom. The summed E-state index contributed by atoms with van der Waals surface area (Å²) in [6.07, 6.45) is 5.67. The van der Waals surface area contributed by atoms with E-state index in [2.05, 4.69) is 21.9 Å². The van der Waals surface area contributed by atoms with E-state index in [0.29, 0.717) is 12.2 Å². The van der Waals surface area contributed by atoms with Gasteiger partial charge in [0.2, 0.25) is 11.8 Å². The van der Waals surface area contributed by atoms with Gasteiger partial charge in [-0.05, 0) is 19.8 Å². The van der Waals surface area contributed by atoms with E-state index in [1.54, 1.807) is 11.0 Å². The molecule has 1 N–H and O–H groups in total. The predicted molar refractivity (Wildman–Crippen MR) is 80.7 cm³/mol. The van der Waals surface area contributed by atoms with Gasteiger partial charge < -0.3 is 14.7 Å². The van der Waals surface area contributed by atoms with Gasteiger partial charge in [-0.2, -0.15) is 0 Å². The first-order valence-corrected chi connectivity index (χ1v) is 7.58. The second-order valence-electron chi connectivity index (χ2n) is 5.17. The molecule has 2 amide bonds. The quantitative estimate of drug-likeness (QED) is 0.711. The number of carbonyl (C=O) groups is 2. The molecule has 1 unspecified atom stereocenters. The van der Waals surface area contributed by atoms with Crippen molar-refractivity contribution in [1.82, 2.24) is 10.1 Å². The van der Waals surface area contributed by atoms with E-state index in [0.717, 1.165) is 25.7 Å². The number of unbranched alkanes of at least 4 members (excludes halogenated alkanes) is 2. The molecule has 0 spiro atoms. The van der Waals surface area contributed by atoms with Crippen LogP contribution in [0.4, 0.5) is 5.82 Å². The Hall–Kier alpha value is -1.85. The summed E-state index contributed by atoms with van der Waals surface area (Å²) >= 11 is 0. The third-order valence-electron chi connectivity index (χ3n) is 3.46. The van der Waals surface area contributed by atoms with Crippen LogP contribution in [0.3, 0.4) is 0 Å². The summed E-state index contributed by atoms with van der Waals surface area (Å²) in [4.78, 5) is 25.9. The molecule has 1 heterocycles. The highest BCUT2D eigenvalue weighted by atomic mass is 16.5. The topological polar surface area (TPSA) is 75.4 Å². The van der Waals surface area contributed by atoms with Crippen molar-refractivity contribution in [1.29, 1.82) is 0 Å². The Bertz CT molecular complexity index is 431. The first-order chi connectivity index (χ1) is 10.1. The van der Waals surface area contributed by atoms with Gasteiger partial charge in [0.05, 0.1) is 0 Å². The van der Waals surface area contributed by atoms with E-state index < -0.39 is 0 Å². The Morgan fingerprint density at radius 3 is 2.71 bits per heavy atom. The van der Waals surface area contributed by atoms with Gasteiger partial charge in [0.25, 0.3) is 0 Å². The van der Waals surface area contributed by atoms with Gasteiger partial charge in [-0.1, -0.05) is 31.8 Å². The molecule has 1 atom stereocenters. The molecule has 21 heavy (non-hydrogen) atoms. The van der Waals surface area contributed by atoms with E-state index in [1.807, 2.05) is 13.8 Å². The lowest BCUT2D eigenvalue weighted by atomic mass is 10.1. The van der Waals surface area contributed by atoms with Gasteiger partial charge in [-0.15, -0.1) is 0 Å². The van der Waals surface area contributed by atoms with Crippen LogP contribution in [0, 0.1) is 0 Å². The number of rotatable bonds is 9. The van der Waals surface area contributed by atoms with Gasteiger partial charge in [0.15, 0.2) is 5.82 Å². The van der Waals surface area contributed by atoms with E-state index >= 15 is 0 Å². The molecule has 6 heteroatoms. The van der Waals surface area contributed by atoms with Gasteiger partial charge >= 0.3 is 0 Å². The number of anilines is 1. The first kappa shape index (κ1) is 17.2. The molecule has 0 saturated heterocycles. The lowest BCUT2D eigenvalue weighted by molar-refractivity contribution is -0.136. The van der Waals surface area contributed by atoms with Crippen LogP contribution in [-0.4, -0.2) is 34.5 Å². The number of nitrogens with zero attached hydrogens (tertiary/aromatic N) is 2. The summed E-state index contributed by atoms with van der Waals surface area (Å²) < 4.78 is 4.66. The van der Waals surface area contributed by atoms with Gasteiger partial charge in [-0.25, -0.2) is 0 Å². The molecule has 1 rings (SSSR count). The number of nitrogens with one attached hydrogen (secondary N) is 1. The highest BCUT2D eigenvalue weighted by molar-refractivity contribution is 5.93. The van der Waals surface area contributed by atoms with Crippen LogP contribution in [0.2, 0.25) is 0 Å². The fourth-order valence-corrected chi connectivity index (χ4v) is 1.99. The Morgan fingerprint density at radius 1 is 1.38 bits per heavy atom. The summed E-state index contributed by atoms with van der Waals surface area (Å²) in [5.74, 6) is 0.142. The highest BCUT2D eigenvalue weighted by Crippen LogP contribution is 2.10. The van der Waals surface area contributed by atoms with Crippen molar-refractivity contribution in [3.8, 4) is 0 Å². The minimum atomic E-state index is -0.256. The van der Waals surface area contributed by atoms with E-state index in [9.17, 15) is 9.59 Å². The second kappa shape index (κ2) is 9.15. The van der Waals surface area contributed by atoms with E-state index in [4.69, 9.17) is 0 Å². The SMILES string of the molecule is CCCCCC(=O)N(CC(=O)Nc1ccon1)C(C)CC. The zero-order valence-corrected chi connectivity index (χ0v) is 13.1. The molecule has 0 radical (unpaired) electrons. The Kier molecular flexibility index (Phi) is 7.50. The zero-order chi connectivity index (χ0) is 15.7. The molecular formula is C15H25N3O3. The zero-order valence-electron chi connectivity index (χ0n) is 13.1. The third-order valence-corrected chi connectivity index (χ3v) is 3.46. The number of carbonyl (C=O) groups excluding carboxylic acids is 2. The van der Waals surface area contributed by atoms with Crippen molar-refractivity contribution in [2.45, 2.75) is 58.9 Å². The monoisotopic (exact) mass is 295 g/mol. The molecule has 0 bridgehead atoms.